The summed E-state index contributed by atoms with van der Waals surface area (Å²) in [5.41, 5.74) is 1.88. The molecule has 2 aromatic rings. The van der Waals surface area contributed by atoms with Gasteiger partial charge in [0.25, 0.3) is 0 Å². The van der Waals surface area contributed by atoms with Crippen molar-refractivity contribution >= 4 is 23.2 Å². The van der Waals surface area contributed by atoms with Crippen LogP contribution in [0.1, 0.15) is 64.1 Å². The number of hydrogen-bond donors (Lipinski definition) is 2. The predicted molar refractivity (Wildman–Crippen MR) is 120 cm³/mol. The van der Waals surface area contributed by atoms with Crippen molar-refractivity contribution in [2.45, 2.75) is 71.3 Å². The smallest absolute Gasteiger partial charge is 0.246 e. The Labute approximate surface area is 183 Å². The number of nitrogens with one attached hydrogen (secondary N) is 2. The van der Waals surface area contributed by atoms with Crippen LogP contribution in [0.3, 0.4) is 0 Å². The van der Waals surface area contributed by atoms with E-state index >= 15 is 0 Å². The predicted octanol–water partition coefficient (Wildman–Crippen LogP) is 3.48. The van der Waals surface area contributed by atoms with Crippen molar-refractivity contribution in [3.8, 4) is 0 Å². The highest BCUT2D eigenvalue weighted by molar-refractivity contribution is 5.97. The number of benzene rings is 1. The van der Waals surface area contributed by atoms with Crippen molar-refractivity contribution in [2.24, 2.45) is 0 Å². The first-order valence-corrected chi connectivity index (χ1v) is 11.4. The van der Waals surface area contributed by atoms with Gasteiger partial charge in [0.1, 0.15) is 6.04 Å². The highest BCUT2D eigenvalue weighted by Gasteiger charge is 2.21. The first-order valence-electron chi connectivity index (χ1n) is 11.4. The molecule has 0 radical (unpaired) electrons. The van der Waals surface area contributed by atoms with E-state index in [1.54, 1.807) is 0 Å². The average Bonchev–Trinajstić information content (AvgIpc) is 3.46. The lowest BCUT2D eigenvalue weighted by molar-refractivity contribution is -0.126. The highest BCUT2D eigenvalue weighted by Crippen LogP contribution is 2.23. The average molecular weight is 428 g/mol. The third kappa shape index (κ3) is 6.80. The van der Waals surface area contributed by atoms with E-state index in [4.69, 9.17) is 4.52 Å². The van der Waals surface area contributed by atoms with Gasteiger partial charge in [0.05, 0.1) is 0 Å². The number of amides is 2. The molecule has 1 aliphatic heterocycles. The molecule has 0 aliphatic carbocycles. The second kappa shape index (κ2) is 11.5. The number of nitrogens with zero attached hydrogens (tertiary/aromatic N) is 3. The lowest BCUT2D eigenvalue weighted by atomic mass is 10.1. The number of aromatic nitrogens is 2. The summed E-state index contributed by atoms with van der Waals surface area (Å²) in [6, 6.07) is 7.36. The van der Waals surface area contributed by atoms with E-state index in [0.29, 0.717) is 37.4 Å². The largest absolute Gasteiger partial charge is 0.371 e. The number of aryl methyl sites for hydroxylation is 2. The van der Waals surface area contributed by atoms with E-state index in [0.717, 1.165) is 37.3 Å². The Morgan fingerprint density at radius 3 is 2.74 bits per heavy atom. The van der Waals surface area contributed by atoms with E-state index in [1.807, 2.05) is 32.0 Å². The molecule has 0 bridgehead atoms. The molecule has 8 heteroatoms. The molecule has 1 fully saturated rings. The molecular formula is C23H33N5O3. The summed E-state index contributed by atoms with van der Waals surface area (Å²) in [5.74, 6) is 0.895. The van der Waals surface area contributed by atoms with Gasteiger partial charge in [-0.25, -0.2) is 0 Å². The molecule has 0 spiro atoms. The minimum Gasteiger partial charge on any atom is -0.371 e. The van der Waals surface area contributed by atoms with Crippen LogP contribution in [0.5, 0.6) is 0 Å². The second-order valence-corrected chi connectivity index (χ2v) is 7.95. The molecule has 1 aromatic carbocycles. The normalized spacial score (nSPS) is 14.5. The van der Waals surface area contributed by atoms with Crippen LogP contribution < -0.4 is 15.5 Å². The Morgan fingerprint density at radius 2 is 2.03 bits per heavy atom. The van der Waals surface area contributed by atoms with Gasteiger partial charge in [-0.1, -0.05) is 31.5 Å². The van der Waals surface area contributed by atoms with Crippen LogP contribution in [0.25, 0.3) is 0 Å². The van der Waals surface area contributed by atoms with Crippen LogP contribution in [0.15, 0.2) is 28.8 Å². The Kier molecular flexibility index (Phi) is 8.44. The number of rotatable bonds is 11. The monoisotopic (exact) mass is 427 g/mol. The van der Waals surface area contributed by atoms with Gasteiger partial charge in [-0.3, -0.25) is 9.59 Å². The zero-order valence-electron chi connectivity index (χ0n) is 18.5. The fourth-order valence-electron chi connectivity index (χ4n) is 3.74. The SMILES string of the molecule is CCCC(NC(=O)CCCc1nc(CC)no1)C(=O)Nc1cccc(N2CCCC2)c1. The zero-order valence-corrected chi connectivity index (χ0v) is 18.5. The summed E-state index contributed by atoms with van der Waals surface area (Å²) >= 11 is 0. The molecular weight excluding hydrogens is 394 g/mol. The molecule has 1 saturated heterocycles. The van der Waals surface area contributed by atoms with Gasteiger partial charge in [0.15, 0.2) is 5.82 Å². The highest BCUT2D eigenvalue weighted by atomic mass is 16.5. The van der Waals surface area contributed by atoms with Gasteiger partial charge < -0.3 is 20.1 Å². The van der Waals surface area contributed by atoms with E-state index in [-0.39, 0.29) is 11.8 Å². The van der Waals surface area contributed by atoms with Gasteiger partial charge in [0.2, 0.25) is 17.7 Å². The maximum Gasteiger partial charge on any atom is 0.246 e. The maximum absolute atomic E-state index is 12.8. The van der Waals surface area contributed by atoms with Crippen LogP contribution in [0.4, 0.5) is 11.4 Å². The maximum atomic E-state index is 12.8. The molecule has 1 unspecified atom stereocenters. The van der Waals surface area contributed by atoms with Crippen molar-refractivity contribution in [2.75, 3.05) is 23.3 Å². The fourth-order valence-corrected chi connectivity index (χ4v) is 3.74. The minimum atomic E-state index is -0.553. The summed E-state index contributed by atoms with van der Waals surface area (Å²) < 4.78 is 5.15. The standard InChI is InChI=1S/C23H33N5O3/c1-3-9-19(25-21(29)12-8-13-22-26-20(4-2)27-31-22)23(30)24-17-10-7-11-18(16-17)28-14-5-6-15-28/h7,10-11,16,19H,3-6,8-9,12-15H2,1-2H3,(H,24,30)(H,25,29). The molecule has 3 rings (SSSR count). The van der Waals surface area contributed by atoms with Gasteiger partial charge in [-0.2, -0.15) is 4.98 Å². The van der Waals surface area contributed by atoms with E-state index < -0.39 is 6.04 Å². The molecule has 0 saturated carbocycles. The summed E-state index contributed by atoms with van der Waals surface area (Å²) in [6.07, 6.45) is 5.96. The third-order valence-electron chi connectivity index (χ3n) is 5.43. The fraction of sp³-hybridized carbons (Fsp3) is 0.565. The molecule has 1 atom stereocenters. The van der Waals surface area contributed by atoms with Crippen molar-refractivity contribution in [3.05, 3.63) is 36.0 Å². The Balaban J connectivity index is 1.50. The molecule has 8 nitrogen and oxygen atoms in total. The number of anilines is 2. The Hall–Kier alpha value is -2.90. The summed E-state index contributed by atoms with van der Waals surface area (Å²) in [6.45, 7) is 6.06. The van der Waals surface area contributed by atoms with Crippen LogP contribution in [-0.4, -0.2) is 41.1 Å². The number of carbonyl (C=O) groups excluding carboxylic acids is 2. The summed E-state index contributed by atoms with van der Waals surface area (Å²) in [7, 11) is 0. The molecule has 2 amide bonds. The van der Waals surface area contributed by atoms with Gasteiger partial charge >= 0.3 is 0 Å². The number of carbonyl (C=O) groups is 2. The van der Waals surface area contributed by atoms with Crippen LogP contribution in [-0.2, 0) is 22.4 Å². The molecule has 168 valence electrons. The molecule has 2 heterocycles. The van der Waals surface area contributed by atoms with Crippen molar-refractivity contribution in [1.29, 1.82) is 0 Å². The second-order valence-electron chi connectivity index (χ2n) is 7.95. The Morgan fingerprint density at radius 1 is 1.23 bits per heavy atom. The topological polar surface area (TPSA) is 100 Å². The van der Waals surface area contributed by atoms with Gasteiger partial charge in [-0.05, 0) is 43.9 Å². The minimum absolute atomic E-state index is 0.144. The van der Waals surface area contributed by atoms with Crippen molar-refractivity contribution in [3.63, 3.8) is 0 Å². The first kappa shape index (κ1) is 22.8. The van der Waals surface area contributed by atoms with Crippen molar-refractivity contribution in [1.82, 2.24) is 15.5 Å². The molecule has 31 heavy (non-hydrogen) atoms. The van der Waals surface area contributed by atoms with Crippen LogP contribution in [0.2, 0.25) is 0 Å². The van der Waals surface area contributed by atoms with Crippen molar-refractivity contribution < 1.29 is 14.1 Å². The molecule has 1 aromatic heterocycles. The van der Waals surface area contributed by atoms with Gasteiger partial charge in [0, 0.05) is 43.7 Å². The Bertz CT molecular complexity index is 860. The summed E-state index contributed by atoms with van der Waals surface area (Å²) in [5, 5.41) is 9.71. The zero-order chi connectivity index (χ0) is 22.1. The first-order chi connectivity index (χ1) is 15.1. The quantitative estimate of drug-likeness (QED) is 0.569. The third-order valence-corrected chi connectivity index (χ3v) is 5.43. The lowest BCUT2D eigenvalue weighted by Crippen LogP contribution is -2.43. The van der Waals surface area contributed by atoms with Crippen LogP contribution in [0, 0.1) is 0 Å². The lowest BCUT2D eigenvalue weighted by Gasteiger charge is -2.20. The van der Waals surface area contributed by atoms with E-state index in [2.05, 4.69) is 31.7 Å². The van der Waals surface area contributed by atoms with Crippen LogP contribution >= 0.6 is 0 Å². The molecule has 2 N–H and O–H groups in total. The van der Waals surface area contributed by atoms with E-state index in [1.165, 1.54) is 12.8 Å². The van der Waals surface area contributed by atoms with Gasteiger partial charge in [-0.15, -0.1) is 0 Å². The van der Waals surface area contributed by atoms with E-state index in [9.17, 15) is 9.59 Å². The number of hydrogen-bond acceptors (Lipinski definition) is 6. The summed E-state index contributed by atoms with van der Waals surface area (Å²) in [4.78, 5) is 31.8. The molecule has 1 aliphatic rings.